The zero-order valence-corrected chi connectivity index (χ0v) is 13.3. The quantitative estimate of drug-likeness (QED) is 0.750. The summed E-state index contributed by atoms with van der Waals surface area (Å²) in [6, 6.07) is 2.01. The molecule has 0 aliphatic heterocycles. The Balaban J connectivity index is 2.18. The van der Waals surface area contributed by atoms with E-state index in [2.05, 4.69) is 56.0 Å². The Morgan fingerprint density at radius 3 is 2.82 bits per heavy atom. The molecule has 0 amide bonds. The molecule has 1 rings (SSSR count). The largest absolute Gasteiger partial charge is 0.379 e. The molecular weight excluding hydrogens is 348 g/mol. The molecule has 0 aliphatic carbocycles. The second-order valence-corrected chi connectivity index (χ2v) is 5.80. The summed E-state index contributed by atoms with van der Waals surface area (Å²) >= 11 is 6.87. The molecule has 0 atom stereocenters. The van der Waals surface area contributed by atoms with Gasteiger partial charge in [-0.05, 0) is 64.7 Å². The highest BCUT2D eigenvalue weighted by molar-refractivity contribution is 9.11. The van der Waals surface area contributed by atoms with Gasteiger partial charge < -0.3 is 10.1 Å². The smallest absolute Gasteiger partial charge is 0.0684 e. The molecule has 0 fully saturated rings. The molecule has 96 valence electrons. The molecule has 5 heteroatoms. The van der Waals surface area contributed by atoms with Crippen molar-refractivity contribution in [3.63, 3.8) is 0 Å². The highest BCUT2D eigenvalue weighted by Gasteiger charge is 2.01. The molecule has 0 aromatic carbocycles. The van der Waals surface area contributed by atoms with E-state index in [1.807, 2.05) is 12.3 Å². The van der Waals surface area contributed by atoms with E-state index in [0.29, 0.717) is 6.10 Å². The lowest BCUT2D eigenvalue weighted by Gasteiger charge is -2.08. The molecule has 1 aromatic rings. The van der Waals surface area contributed by atoms with E-state index in [4.69, 9.17) is 4.74 Å². The molecule has 1 heterocycles. The van der Waals surface area contributed by atoms with Gasteiger partial charge in [0.25, 0.3) is 0 Å². The molecule has 0 spiro atoms. The van der Waals surface area contributed by atoms with Crippen LogP contribution in [-0.4, -0.2) is 24.2 Å². The van der Waals surface area contributed by atoms with Crippen molar-refractivity contribution in [2.45, 2.75) is 32.9 Å². The van der Waals surface area contributed by atoms with Gasteiger partial charge in [0.05, 0.1) is 11.8 Å². The van der Waals surface area contributed by atoms with Crippen molar-refractivity contribution in [1.82, 2.24) is 10.3 Å². The molecular formula is C12H18Br2N2O. The van der Waals surface area contributed by atoms with Crippen LogP contribution in [-0.2, 0) is 11.3 Å². The van der Waals surface area contributed by atoms with Crippen LogP contribution in [0.25, 0.3) is 0 Å². The zero-order valence-electron chi connectivity index (χ0n) is 10.2. The number of pyridine rings is 1. The Bertz CT molecular complexity index is 345. The summed E-state index contributed by atoms with van der Waals surface area (Å²) in [5.74, 6) is 0. The van der Waals surface area contributed by atoms with Crippen LogP contribution in [0.2, 0.25) is 0 Å². The first-order valence-corrected chi connectivity index (χ1v) is 7.30. The lowest BCUT2D eigenvalue weighted by atomic mass is 10.3. The normalized spacial score (nSPS) is 11.1. The highest BCUT2D eigenvalue weighted by atomic mass is 79.9. The maximum Gasteiger partial charge on any atom is 0.0684 e. The molecule has 3 nitrogen and oxygen atoms in total. The molecule has 0 saturated carbocycles. The monoisotopic (exact) mass is 364 g/mol. The molecule has 0 aliphatic rings. The predicted octanol–water partition coefficient (Wildman–Crippen LogP) is 3.51. The van der Waals surface area contributed by atoms with Crippen LogP contribution in [0.1, 0.15) is 26.0 Å². The SMILES string of the molecule is CC(C)OCCCNCc1ncc(Br)cc1Br. The van der Waals surface area contributed by atoms with Crippen LogP contribution < -0.4 is 5.32 Å². The minimum absolute atomic E-state index is 0.317. The predicted molar refractivity (Wildman–Crippen MR) is 77.0 cm³/mol. The van der Waals surface area contributed by atoms with Gasteiger partial charge in [-0.3, -0.25) is 4.98 Å². The van der Waals surface area contributed by atoms with Gasteiger partial charge in [-0.25, -0.2) is 0 Å². The second-order valence-electron chi connectivity index (χ2n) is 4.03. The van der Waals surface area contributed by atoms with Gasteiger partial charge in [-0.1, -0.05) is 0 Å². The fraction of sp³-hybridized carbons (Fsp3) is 0.583. The Morgan fingerprint density at radius 1 is 1.41 bits per heavy atom. The molecule has 1 N–H and O–H groups in total. The van der Waals surface area contributed by atoms with Crippen LogP contribution >= 0.6 is 31.9 Å². The maximum absolute atomic E-state index is 5.46. The Kier molecular flexibility index (Phi) is 7.27. The van der Waals surface area contributed by atoms with Gasteiger partial charge >= 0.3 is 0 Å². The second kappa shape index (κ2) is 8.19. The van der Waals surface area contributed by atoms with Crippen LogP contribution in [0.4, 0.5) is 0 Å². The van der Waals surface area contributed by atoms with Crippen LogP contribution in [0.3, 0.4) is 0 Å². The molecule has 0 bridgehead atoms. The molecule has 0 saturated heterocycles. The third-order valence-corrected chi connectivity index (χ3v) is 3.25. The maximum atomic E-state index is 5.46. The van der Waals surface area contributed by atoms with Crippen LogP contribution in [0.5, 0.6) is 0 Å². The van der Waals surface area contributed by atoms with Crippen molar-refractivity contribution in [3.05, 3.63) is 26.9 Å². The lowest BCUT2D eigenvalue weighted by molar-refractivity contribution is 0.0770. The number of rotatable bonds is 7. The number of halogens is 2. The topological polar surface area (TPSA) is 34.1 Å². The van der Waals surface area contributed by atoms with Crippen molar-refractivity contribution in [2.24, 2.45) is 0 Å². The van der Waals surface area contributed by atoms with Crippen LogP contribution in [0.15, 0.2) is 21.2 Å². The summed E-state index contributed by atoms with van der Waals surface area (Å²) in [5.41, 5.74) is 1.03. The summed E-state index contributed by atoms with van der Waals surface area (Å²) in [6.45, 7) is 6.62. The number of hydrogen-bond donors (Lipinski definition) is 1. The molecule has 0 unspecified atom stereocenters. The number of ether oxygens (including phenoxy) is 1. The van der Waals surface area contributed by atoms with Crippen molar-refractivity contribution in [1.29, 1.82) is 0 Å². The van der Waals surface area contributed by atoms with E-state index in [-0.39, 0.29) is 0 Å². The Hall–Kier alpha value is 0.0300. The standard InChI is InChI=1S/C12H18Br2N2O/c1-9(2)17-5-3-4-15-8-12-11(14)6-10(13)7-16-12/h6-7,9,15H,3-5,8H2,1-2H3. The third-order valence-electron chi connectivity index (χ3n) is 2.13. The fourth-order valence-corrected chi connectivity index (χ4v) is 2.42. The zero-order chi connectivity index (χ0) is 12.7. The first kappa shape index (κ1) is 15.1. The molecule has 1 aromatic heterocycles. The van der Waals surface area contributed by atoms with E-state index in [1.165, 1.54) is 0 Å². The van der Waals surface area contributed by atoms with Gasteiger partial charge in [-0.15, -0.1) is 0 Å². The van der Waals surface area contributed by atoms with E-state index in [1.54, 1.807) is 0 Å². The first-order valence-electron chi connectivity index (χ1n) is 5.72. The number of aromatic nitrogens is 1. The number of hydrogen-bond acceptors (Lipinski definition) is 3. The van der Waals surface area contributed by atoms with E-state index in [9.17, 15) is 0 Å². The lowest BCUT2D eigenvalue weighted by Crippen LogP contribution is -2.18. The average molecular weight is 366 g/mol. The summed E-state index contributed by atoms with van der Waals surface area (Å²) in [4.78, 5) is 4.34. The van der Waals surface area contributed by atoms with Gasteiger partial charge in [-0.2, -0.15) is 0 Å². The van der Waals surface area contributed by atoms with E-state index >= 15 is 0 Å². The summed E-state index contributed by atoms with van der Waals surface area (Å²) in [7, 11) is 0. The van der Waals surface area contributed by atoms with Gasteiger partial charge in [0.1, 0.15) is 0 Å². The molecule has 17 heavy (non-hydrogen) atoms. The van der Waals surface area contributed by atoms with E-state index in [0.717, 1.165) is 40.8 Å². The first-order chi connectivity index (χ1) is 8.09. The van der Waals surface area contributed by atoms with Crippen molar-refractivity contribution < 1.29 is 4.74 Å². The van der Waals surface area contributed by atoms with Gasteiger partial charge in [0, 0.05) is 28.3 Å². The van der Waals surface area contributed by atoms with Gasteiger partial charge in [0.15, 0.2) is 0 Å². The minimum Gasteiger partial charge on any atom is -0.379 e. The van der Waals surface area contributed by atoms with Crippen molar-refractivity contribution in [2.75, 3.05) is 13.2 Å². The number of nitrogens with one attached hydrogen (secondary N) is 1. The van der Waals surface area contributed by atoms with Crippen molar-refractivity contribution in [3.8, 4) is 0 Å². The summed E-state index contributed by atoms with van der Waals surface area (Å²) in [6.07, 6.45) is 3.15. The average Bonchev–Trinajstić information content (AvgIpc) is 2.25. The summed E-state index contributed by atoms with van der Waals surface area (Å²) < 4.78 is 7.47. The minimum atomic E-state index is 0.317. The Morgan fingerprint density at radius 2 is 2.18 bits per heavy atom. The highest BCUT2D eigenvalue weighted by Crippen LogP contribution is 2.19. The fourth-order valence-electron chi connectivity index (χ4n) is 1.30. The number of nitrogens with zero attached hydrogens (tertiary/aromatic N) is 1. The molecule has 0 radical (unpaired) electrons. The van der Waals surface area contributed by atoms with E-state index < -0.39 is 0 Å². The third kappa shape index (κ3) is 6.50. The summed E-state index contributed by atoms with van der Waals surface area (Å²) in [5, 5.41) is 3.35. The van der Waals surface area contributed by atoms with Crippen molar-refractivity contribution >= 4 is 31.9 Å². The van der Waals surface area contributed by atoms with Crippen LogP contribution in [0, 0.1) is 0 Å². The van der Waals surface area contributed by atoms with Gasteiger partial charge in [0.2, 0.25) is 0 Å². The Labute approximate surface area is 120 Å².